The molecule has 0 saturated carbocycles. The van der Waals surface area contributed by atoms with Gasteiger partial charge in [-0.15, -0.1) is 0 Å². The summed E-state index contributed by atoms with van der Waals surface area (Å²) in [6, 6.07) is 0. The van der Waals surface area contributed by atoms with Crippen LogP contribution < -0.4 is 67.8 Å². The van der Waals surface area contributed by atoms with Crippen LogP contribution >= 0.6 is 59.4 Å². The summed E-state index contributed by atoms with van der Waals surface area (Å²) >= 11 is 37.8. The van der Waals surface area contributed by atoms with Gasteiger partial charge in [0.2, 0.25) is 11.9 Å². The van der Waals surface area contributed by atoms with Crippen LogP contribution in [0.5, 0.6) is 0 Å². The Kier molecular flexibility index (Phi) is 32.8. The Labute approximate surface area is 864 Å². The first-order valence-electron chi connectivity index (χ1n) is 44.3. The lowest BCUT2D eigenvalue weighted by Crippen LogP contribution is -2.33. The van der Waals surface area contributed by atoms with Crippen molar-refractivity contribution in [3.63, 3.8) is 0 Å². The van der Waals surface area contributed by atoms with E-state index < -0.39 is 267 Å². The van der Waals surface area contributed by atoms with E-state index in [2.05, 4.69) is 87.0 Å². The Morgan fingerprint density at radius 1 is 0.351 bits per heavy atom. The first kappa shape index (κ1) is 110. The van der Waals surface area contributed by atoms with Crippen molar-refractivity contribution in [1.29, 1.82) is 0 Å². The number of rotatable bonds is 41. The molecule has 28 atom stereocenters. The van der Waals surface area contributed by atoms with E-state index >= 15 is 0 Å². The molecule has 0 amide bonds. The predicted molar refractivity (Wildman–Crippen MR) is 535 cm³/mol. The number of aryl methyl sites for hydroxylation is 3. The van der Waals surface area contributed by atoms with Gasteiger partial charge in [-0.2, -0.15) is 9.97 Å². The third kappa shape index (κ3) is 24.8. The molecular formula is C72H93N26O36P7S7. The maximum Gasteiger partial charge on any atom is 0.386 e. The van der Waals surface area contributed by atoms with E-state index in [1.807, 2.05) is 6.92 Å². The number of H-pyrrole nitrogens is 5. The van der Waals surface area contributed by atoms with Gasteiger partial charge in [0.05, 0.1) is 108 Å². The Hall–Kier alpha value is -7.56. The molecule has 0 radical (unpaired) electrons. The van der Waals surface area contributed by atoms with Crippen molar-refractivity contribution >= 4 is 198 Å². The number of nitrogens with two attached hydrogens (primary N) is 4. The number of thiol groups is 1. The van der Waals surface area contributed by atoms with E-state index in [0.29, 0.717) is 17.6 Å². The summed E-state index contributed by atoms with van der Waals surface area (Å²) in [6.45, 7) is -30.4. The van der Waals surface area contributed by atoms with E-state index in [1.54, 1.807) is 4.57 Å². The fraction of sp³-hybridized carbons (Fsp3) is 0.556. The molecule has 11 aromatic rings. The fourth-order valence-electron chi connectivity index (χ4n) is 17.4. The molecule has 0 bridgehead atoms. The van der Waals surface area contributed by atoms with Gasteiger partial charge >= 0.3 is 64.2 Å². The molecule has 148 heavy (non-hydrogen) atoms. The molecule has 18 rings (SSSR count). The Balaban J connectivity index is 0.561. The minimum atomic E-state index is -4.81. The lowest BCUT2D eigenvalue weighted by atomic mass is 10.1. The molecular weight excluding hydrogens is 2250 g/mol. The summed E-state index contributed by atoms with van der Waals surface area (Å²) in [5.74, 6) is -0.476. The molecule has 7 saturated heterocycles. The third-order valence-electron chi connectivity index (χ3n) is 24.5. The highest BCUT2D eigenvalue weighted by atomic mass is 32.7. The van der Waals surface area contributed by atoms with Crippen molar-refractivity contribution in [1.82, 2.24) is 107 Å². The van der Waals surface area contributed by atoms with Crippen LogP contribution in [0.2, 0.25) is 0 Å². The highest BCUT2D eigenvalue weighted by Crippen LogP contribution is 2.61. The molecule has 19 N–H and O–H groups in total. The standard InChI is InChI=1S/C72H93N26O36P7S7/c1-6-32-33(7-49(121-32)95-25-81-53-57(73)77-23-79-59(53)95)129-136(108,143)115-18-41-35(8-46(122-41)92-14-29(2)63(99)89-70(92)104)131-138(110,145)117-19-42-37(10-48(123-42)94-16-31(4)65(101)91-72(94)106)132-139(111,146)119-21-44-38(12-50(125-44)96-26-82-54-58(74)78-24-80-60(54)96)133-141(113,148)120-22-45-39(13-52(127-45)98-28-84-56-62(98)86-69(76)88-67(56)103)134-140(112,147)118-20-43-36(9-47(124-43)93-15-30(3)64(100)90-71(93)105)130-137(109,144)116-17-40-34(128-135(107,142)114-5)11-51(126-40)97-27-83-55-61(97)85-68(75)87-66(55)102/h14-16,23-28,32-52H,6-13,17-22H2,1-5H3,(H,107,142)(H,108,143)(H,109,144)(H,110,145)(H,111,146)(H,112,147)(H,113,148)(H2,73,77,79)(H2,74,78,80)(H,89,99,104)(H,90,100,105)(H,91,101,106)(H3,75,85,87,102)(H3,76,86,88,103)/t32-,33?,34?,35?,36?,37?,38?,39?,40-,41-,42-,43-,44-,45-,46-,47-,48-,49-,50-,51-,52-,135?,136?,137?,138?,139?,140?,141?/m1/s1. The highest BCUT2D eigenvalue weighted by molar-refractivity contribution is 8.44. The Morgan fingerprint density at radius 2 is 0.601 bits per heavy atom. The molecule has 76 heteroatoms. The molecule has 11 aromatic heterocycles. The molecule has 62 nitrogen and oxygen atoms in total. The molecule has 7 aliphatic rings. The quantitative estimate of drug-likeness (QED) is 0.0188. The van der Waals surface area contributed by atoms with Crippen molar-refractivity contribution in [2.75, 3.05) is 69.7 Å². The van der Waals surface area contributed by atoms with Gasteiger partial charge in [0.1, 0.15) is 110 Å². The van der Waals surface area contributed by atoms with Crippen LogP contribution in [-0.2, 0) is 172 Å². The van der Waals surface area contributed by atoms with Crippen molar-refractivity contribution < 1.29 is 130 Å². The summed E-state index contributed by atoms with van der Waals surface area (Å²) < 4.78 is 152. The van der Waals surface area contributed by atoms with Crippen LogP contribution in [0.15, 0.2) is 94.9 Å². The van der Waals surface area contributed by atoms with Gasteiger partial charge < -0.3 is 140 Å². The van der Waals surface area contributed by atoms with E-state index in [1.165, 1.54) is 84.7 Å². The van der Waals surface area contributed by atoms with Gasteiger partial charge in [-0.1, -0.05) is 19.2 Å². The molecule has 0 aliphatic carbocycles. The third-order valence-corrected chi connectivity index (χ3v) is 35.8. The molecule has 7 aliphatic heterocycles. The highest BCUT2D eigenvalue weighted by Gasteiger charge is 2.52. The molecule has 0 spiro atoms. The number of fused-ring (bicyclic) bond motifs is 4. The van der Waals surface area contributed by atoms with Gasteiger partial charge in [0, 0.05) is 87.3 Å². The first-order chi connectivity index (χ1) is 69.9. The summed E-state index contributed by atoms with van der Waals surface area (Å²) in [7, 11) is 1.11. The fourth-order valence-corrected chi connectivity index (χ4v) is 27.3. The summed E-state index contributed by atoms with van der Waals surface area (Å²) in [6.07, 6.45) is -16.9. The average molecular weight is 2340 g/mol. The number of nitrogens with zero attached hydrogens (tertiary/aromatic N) is 17. The Bertz CT molecular complexity index is 7810. The molecule has 0 aromatic carbocycles. The molecule has 804 valence electrons. The SMILES string of the molecule is CC[C@H]1O[C@@H](n2cnc3c(N)ncnc32)CC1OP(O)(=S)OC[C@H]1O[C@@H](n2cc(C)c(=O)[nH]c2=O)CC1OP(=O)(S)OC[C@H]1O[C@@H](n2cc(C)c(=O)[nH]c2=O)CC1OP(O)(=S)OC[C@H]1O[C@@H](n2cnc3c(N)ncnc32)CC1OP(O)(=S)OC[C@H]1O[C@@H](n2cnc3c(=O)[nH]c(N)nc32)CC1OP(O)(=S)OC[C@H]1O[C@@H](n2cc(C)c(=O)[nH]c2=O)CC1OP(O)(=S)OC[C@H]1O[C@@H](n2cnc3c(=O)[nH]c(N)nc32)CC1OP(O)(=S)OC. The molecule has 18 heterocycles. The molecule has 14 unspecified atom stereocenters. The second-order valence-corrected chi connectivity index (χ2v) is 54.1. The number of ether oxygens (including phenoxy) is 7. The summed E-state index contributed by atoms with van der Waals surface area (Å²) in [5, 5.41) is 0. The summed E-state index contributed by atoms with van der Waals surface area (Å²) in [4.78, 5) is 229. The van der Waals surface area contributed by atoms with E-state index in [4.69, 9.17) is 190 Å². The van der Waals surface area contributed by atoms with Gasteiger partial charge in [0.25, 0.3) is 27.8 Å². The number of hydrogen-bond donors (Lipinski definition) is 16. The number of nitrogens with one attached hydrogen (secondary N) is 5. The van der Waals surface area contributed by atoms with Gasteiger partial charge in [-0.05, 0) is 98.0 Å². The first-order valence-corrected chi connectivity index (χ1v) is 62.5. The minimum Gasteiger partial charge on any atom is -0.382 e. The second kappa shape index (κ2) is 44.0. The minimum absolute atomic E-state index is 0.00430. The molecule has 7 fully saturated rings. The van der Waals surface area contributed by atoms with Crippen molar-refractivity contribution in [2.24, 2.45) is 0 Å². The number of hydrogen-bond acceptors (Lipinski definition) is 50. The monoisotopic (exact) mass is 2340 g/mol. The van der Waals surface area contributed by atoms with Gasteiger partial charge in [0.15, 0.2) is 45.3 Å². The van der Waals surface area contributed by atoms with Gasteiger partial charge in [-0.25, -0.2) is 58.8 Å². The van der Waals surface area contributed by atoms with E-state index in [0.717, 1.165) is 27.1 Å². The number of nitrogen functional groups attached to an aromatic ring is 4. The number of imidazole rings is 4. The van der Waals surface area contributed by atoms with E-state index in [-0.39, 0.29) is 112 Å². The number of aromatic amines is 5. The average Bonchev–Trinajstić information content (AvgIpc) is 1.65. The number of anilines is 4. The largest absolute Gasteiger partial charge is 0.386 e. The summed E-state index contributed by atoms with van der Waals surface area (Å²) in [5.41, 5.74) is 18.5. The van der Waals surface area contributed by atoms with Crippen LogP contribution in [-0.4, -0.2) is 268 Å². The zero-order valence-electron chi connectivity index (χ0n) is 77.1. The smallest absolute Gasteiger partial charge is 0.382 e. The van der Waals surface area contributed by atoms with Gasteiger partial charge in [-0.3, -0.25) is 89.9 Å². The Morgan fingerprint density at radius 3 is 0.892 bits per heavy atom. The maximum absolute atomic E-state index is 14.9. The predicted octanol–water partition coefficient (Wildman–Crippen LogP) is 1.04. The zero-order valence-corrected chi connectivity index (χ0v) is 89.1. The second-order valence-electron chi connectivity index (χ2n) is 34.4. The van der Waals surface area contributed by atoms with Crippen LogP contribution in [0.25, 0.3) is 44.7 Å². The van der Waals surface area contributed by atoms with Crippen molar-refractivity contribution in [3.05, 3.63) is 156 Å². The lowest BCUT2D eigenvalue weighted by molar-refractivity contribution is -0.0565. The van der Waals surface area contributed by atoms with Crippen LogP contribution in [0, 0.1) is 20.8 Å². The zero-order chi connectivity index (χ0) is 106. The van der Waals surface area contributed by atoms with Crippen molar-refractivity contribution in [2.45, 2.75) is 208 Å². The van der Waals surface area contributed by atoms with Crippen LogP contribution in [0.1, 0.15) is 119 Å². The van der Waals surface area contributed by atoms with Crippen LogP contribution in [0.4, 0.5) is 23.5 Å². The normalized spacial score (nSPS) is 29.3. The van der Waals surface area contributed by atoms with Crippen LogP contribution in [0.3, 0.4) is 0 Å². The topological polar surface area (TPSA) is 815 Å². The van der Waals surface area contributed by atoms with Crippen molar-refractivity contribution in [3.8, 4) is 0 Å². The van der Waals surface area contributed by atoms with E-state index in [9.17, 15) is 72.3 Å². The lowest BCUT2D eigenvalue weighted by Gasteiger charge is -2.28. The number of aromatic nitrogens is 22. The maximum atomic E-state index is 14.9.